The topological polar surface area (TPSA) is 128 Å². The van der Waals surface area contributed by atoms with Crippen LogP contribution in [0.5, 0.6) is 0 Å². The Morgan fingerprint density at radius 2 is 2.07 bits per heavy atom. The first-order valence-electron chi connectivity index (χ1n) is 8.44. The summed E-state index contributed by atoms with van der Waals surface area (Å²) in [5, 5.41) is 15.6. The van der Waals surface area contributed by atoms with Crippen molar-refractivity contribution in [3.63, 3.8) is 0 Å². The number of aromatic amines is 1. The van der Waals surface area contributed by atoms with E-state index in [9.17, 15) is 19.7 Å². The van der Waals surface area contributed by atoms with Gasteiger partial charge in [-0.1, -0.05) is 19.1 Å². The predicted octanol–water partition coefficient (Wildman–Crippen LogP) is 2.19. The quantitative estimate of drug-likeness (QED) is 0.382. The normalized spacial score (nSPS) is 12.1. The molecule has 0 aliphatic carbocycles. The molecule has 0 radical (unpaired) electrons. The number of benzene rings is 1. The number of hydrogen-bond donors (Lipinski definition) is 2. The van der Waals surface area contributed by atoms with Crippen LogP contribution in [0.15, 0.2) is 29.1 Å². The van der Waals surface area contributed by atoms with Crippen molar-refractivity contribution in [1.82, 2.24) is 19.4 Å². The Hall–Kier alpha value is -3.34. The number of aromatic nitrogens is 4. The van der Waals surface area contributed by atoms with E-state index < -0.39 is 22.3 Å². The van der Waals surface area contributed by atoms with Gasteiger partial charge in [0.05, 0.1) is 28.3 Å². The van der Waals surface area contributed by atoms with E-state index >= 15 is 0 Å². The molecule has 2 aromatic heterocycles. The molecule has 11 heteroatoms. The molecule has 28 heavy (non-hydrogen) atoms. The van der Waals surface area contributed by atoms with E-state index in [0.717, 1.165) is 4.68 Å². The lowest BCUT2D eigenvalue weighted by Crippen LogP contribution is -2.38. The first kappa shape index (κ1) is 19.4. The predicted molar refractivity (Wildman–Crippen MR) is 105 cm³/mol. The Labute approximate surface area is 163 Å². The maximum Gasteiger partial charge on any atom is 0.312 e. The largest absolute Gasteiger partial charge is 0.330 e. The third-order valence-electron chi connectivity index (χ3n) is 4.45. The Morgan fingerprint density at radius 3 is 2.71 bits per heavy atom. The van der Waals surface area contributed by atoms with Gasteiger partial charge in [-0.3, -0.25) is 29.8 Å². The molecule has 1 atom stereocenters. The maximum atomic E-state index is 12.6. The monoisotopic (exact) mass is 402 g/mol. The highest BCUT2D eigenvalue weighted by Gasteiger charge is 2.24. The maximum absolute atomic E-state index is 12.6. The van der Waals surface area contributed by atoms with E-state index in [1.807, 2.05) is 0 Å². The number of amides is 1. The fourth-order valence-corrected chi connectivity index (χ4v) is 3.19. The molecule has 146 valence electrons. The Balaban J connectivity index is 1.85. The van der Waals surface area contributed by atoms with Crippen molar-refractivity contribution < 1.29 is 9.72 Å². The molecule has 0 saturated heterocycles. The SMILES string of the molecule is Cc1nn(C[C@H](C)C(=O)Nn2c(=S)[nH]c3ccccc3c2=O)c(C)c1[N+](=O)[O-]. The molecule has 3 aromatic rings. The molecule has 0 aliphatic heterocycles. The minimum absolute atomic E-state index is 0.0611. The molecular formula is C17H18N6O4S. The molecule has 0 unspecified atom stereocenters. The lowest BCUT2D eigenvalue weighted by molar-refractivity contribution is -0.386. The highest BCUT2D eigenvalue weighted by atomic mass is 32.1. The minimum Gasteiger partial charge on any atom is -0.330 e. The number of rotatable bonds is 5. The Bertz CT molecular complexity index is 1210. The molecule has 3 rings (SSSR count). The van der Waals surface area contributed by atoms with Crippen LogP contribution < -0.4 is 11.0 Å². The first-order valence-corrected chi connectivity index (χ1v) is 8.85. The number of para-hydroxylation sites is 1. The summed E-state index contributed by atoms with van der Waals surface area (Å²) in [5.41, 5.74) is 3.22. The number of nitrogens with zero attached hydrogens (tertiary/aromatic N) is 4. The zero-order chi connectivity index (χ0) is 20.6. The fraction of sp³-hybridized carbons (Fsp3) is 0.294. The van der Waals surface area contributed by atoms with E-state index in [1.54, 1.807) is 45.0 Å². The number of carbonyl (C=O) groups is 1. The number of fused-ring (bicyclic) bond motifs is 1. The molecule has 2 heterocycles. The van der Waals surface area contributed by atoms with Gasteiger partial charge in [-0.15, -0.1) is 0 Å². The molecule has 0 fully saturated rings. The first-order chi connectivity index (χ1) is 13.2. The van der Waals surface area contributed by atoms with Crippen LogP contribution in [0.4, 0.5) is 5.69 Å². The number of nitrogens with one attached hydrogen (secondary N) is 2. The van der Waals surface area contributed by atoms with Crippen LogP contribution in [-0.2, 0) is 11.3 Å². The van der Waals surface area contributed by atoms with Gasteiger partial charge in [-0.05, 0) is 38.2 Å². The smallest absolute Gasteiger partial charge is 0.312 e. The standard InChI is InChI=1S/C17H18N6O4S/c1-9(8-21-11(3)14(23(26)27)10(2)19-21)15(24)20-22-16(25)12-6-4-5-7-13(12)18-17(22)28/h4-7,9H,8H2,1-3H3,(H,18,28)(H,20,24)/t9-/m0/s1. The lowest BCUT2D eigenvalue weighted by Gasteiger charge is -2.15. The average molecular weight is 402 g/mol. The number of carbonyl (C=O) groups excluding carboxylic acids is 1. The van der Waals surface area contributed by atoms with Crippen molar-refractivity contribution in [2.45, 2.75) is 27.3 Å². The molecule has 0 bridgehead atoms. The summed E-state index contributed by atoms with van der Waals surface area (Å²) >= 11 is 5.17. The number of H-pyrrole nitrogens is 1. The van der Waals surface area contributed by atoms with Crippen LogP contribution in [0.3, 0.4) is 0 Å². The Kier molecular flexibility index (Phi) is 5.10. The zero-order valence-corrected chi connectivity index (χ0v) is 16.2. The molecular weight excluding hydrogens is 384 g/mol. The average Bonchev–Trinajstić information content (AvgIpc) is 2.91. The van der Waals surface area contributed by atoms with Gasteiger partial charge in [0.2, 0.25) is 5.91 Å². The molecule has 0 spiro atoms. The Morgan fingerprint density at radius 1 is 1.39 bits per heavy atom. The molecule has 1 aromatic carbocycles. The van der Waals surface area contributed by atoms with Crippen molar-refractivity contribution in [2.24, 2.45) is 5.92 Å². The van der Waals surface area contributed by atoms with Gasteiger partial charge in [0.1, 0.15) is 11.4 Å². The van der Waals surface area contributed by atoms with Gasteiger partial charge in [0, 0.05) is 0 Å². The van der Waals surface area contributed by atoms with Crippen LogP contribution in [0, 0.1) is 34.7 Å². The van der Waals surface area contributed by atoms with Crippen LogP contribution in [0.25, 0.3) is 10.9 Å². The van der Waals surface area contributed by atoms with Gasteiger partial charge in [-0.2, -0.15) is 9.77 Å². The third-order valence-corrected chi connectivity index (χ3v) is 4.73. The van der Waals surface area contributed by atoms with E-state index in [0.29, 0.717) is 16.6 Å². The van der Waals surface area contributed by atoms with Crippen LogP contribution in [-0.4, -0.2) is 30.3 Å². The molecule has 0 saturated carbocycles. The number of nitro groups is 1. The van der Waals surface area contributed by atoms with Crippen molar-refractivity contribution >= 4 is 34.7 Å². The highest BCUT2D eigenvalue weighted by molar-refractivity contribution is 7.71. The second-order valence-electron chi connectivity index (χ2n) is 6.45. The van der Waals surface area contributed by atoms with Crippen LogP contribution in [0.2, 0.25) is 0 Å². The van der Waals surface area contributed by atoms with E-state index in [-0.39, 0.29) is 22.7 Å². The summed E-state index contributed by atoms with van der Waals surface area (Å²) < 4.78 is 2.47. The molecule has 0 aliphatic rings. The van der Waals surface area contributed by atoms with E-state index in [4.69, 9.17) is 12.2 Å². The second kappa shape index (κ2) is 7.35. The van der Waals surface area contributed by atoms with Gasteiger partial charge in [0.25, 0.3) is 5.56 Å². The van der Waals surface area contributed by atoms with E-state index in [2.05, 4.69) is 15.5 Å². The number of hydrogen-bond acceptors (Lipinski definition) is 6. The van der Waals surface area contributed by atoms with Gasteiger partial charge < -0.3 is 4.98 Å². The van der Waals surface area contributed by atoms with Crippen molar-refractivity contribution in [3.8, 4) is 0 Å². The summed E-state index contributed by atoms with van der Waals surface area (Å²) in [5.74, 6) is -1.09. The van der Waals surface area contributed by atoms with Crippen LogP contribution >= 0.6 is 12.2 Å². The van der Waals surface area contributed by atoms with Gasteiger partial charge in [0.15, 0.2) is 4.77 Å². The van der Waals surface area contributed by atoms with Crippen molar-refractivity contribution in [3.05, 3.63) is 60.9 Å². The van der Waals surface area contributed by atoms with Crippen molar-refractivity contribution in [2.75, 3.05) is 5.43 Å². The second-order valence-corrected chi connectivity index (χ2v) is 6.84. The summed E-state index contributed by atoms with van der Waals surface area (Å²) in [6.45, 7) is 4.87. The highest BCUT2D eigenvalue weighted by Crippen LogP contribution is 2.22. The third kappa shape index (κ3) is 3.43. The summed E-state index contributed by atoms with van der Waals surface area (Å²) in [6, 6.07) is 6.83. The van der Waals surface area contributed by atoms with E-state index in [1.165, 1.54) is 4.68 Å². The number of aryl methyl sites for hydroxylation is 1. The summed E-state index contributed by atoms with van der Waals surface area (Å²) in [7, 11) is 0. The lowest BCUT2D eigenvalue weighted by atomic mass is 10.1. The fourth-order valence-electron chi connectivity index (χ4n) is 2.96. The summed E-state index contributed by atoms with van der Waals surface area (Å²) in [6.07, 6.45) is 0. The minimum atomic E-state index is -0.620. The molecule has 10 nitrogen and oxygen atoms in total. The zero-order valence-electron chi connectivity index (χ0n) is 15.4. The summed E-state index contributed by atoms with van der Waals surface area (Å²) in [4.78, 5) is 38.7. The van der Waals surface area contributed by atoms with Crippen molar-refractivity contribution in [1.29, 1.82) is 0 Å². The van der Waals surface area contributed by atoms with Gasteiger partial charge in [-0.25, -0.2) is 0 Å². The van der Waals surface area contributed by atoms with Crippen LogP contribution in [0.1, 0.15) is 18.3 Å². The van der Waals surface area contributed by atoms with Gasteiger partial charge >= 0.3 is 5.69 Å². The molecule has 2 N–H and O–H groups in total. The molecule has 1 amide bonds.